The Morgan fingerprint density at radius 2 is 2.10 bits per heavy atom. The number of β-lactam (4-membered cyclic amide) rings is 1. The van der Waals surface area contributed by atoms with Crippen molar-refractivity contribution in [2.75, 3.05) is 19.5 Å². The maximum absolute atomic E-state index is 12.5. The van der Waals surface area contributed by atoms with E-state index in [1.54, 1.807) is 0 Å². The maximum Gasteiger partial charge on any atom is 1.00 e. The molecule has 0 bridgehead atoms. The van der Waals surface area contributed by atoms with Crippen LogP contribution in [0.1, 0.15) is 7.12 Å². The maximum atomic E-state index is 12.5. The number of methoxy groups -OCH3 is 1. The number of amides is 2. The Bertz CT molecular complexity index is 1000. The van der Waals surface area contributed by atoms with Gasteiger partial charge in [-0.3, -0.25) is 14.1 Å². The van der Waals surface area contributed by atoms with Crippen LogP contribution in [-0.2, 0) is 39.1 Å². The molecule has 160 valence electrons. The first-order valence-electron chi connectivity index (χ1n) is 7.29. The topological polar surface area (TPSA) is 228 Å². The Kier molecular flexibility index (Phi) is 8.69. The van der Waals surface area contributed by atoms with Gasteiger partial charge in [-0.1, -0.05) is 5.16 Å². The van der Waals surface area contributed by atoms with Crippen LogP contribution in [0, 0.1) is 0 Å². The van der Waals surface area contributed by atoms with Crippen LogP contribution in [0.3, 0.4) is 0 Å². The molecule has 2 unspecified atom stereocenters. The number of nitrogens with two attached hydrogens (primary N) is 1. The molecule has 15 nitrogen and oxygen atoms in total. The second-order valence-electron chi connectivity index (χ2n) is 5.21. The van der Waals surface area contributed by atoms with Gasteiger partial charge in [-0.15, -0.1) is 11.3 Å². The van der Waals surface area contributed by atoms with Crippen LogP contribution < -0.4 is 40.6 Å². The molecule has 0 aliphatic carbocycles. The van der Waals surface area contributed by atoms with Gasteiger partial charge in [0.15, 0.2) is 16.9 Å². The molecule has 30 heavy (non-hydrogen) atoms. The van der Waals surface area contributed by atoms with Crippen LogP contribution >= 0.6 is 11.3 Å². The number of ether oxygens (including phenoxy) is 1. The molecule has 18 heteroatoms. The van der Waals surface area contributed by atoms with E-state index in [2.05, 4.69) is 19.7 Å². The molecule has 1 saturated heterocycles. The van der Waals surface area contributed by atoms with Crippen LogP contribution in [0.25, 0.3) is 0 Å². The van der Waals surface area contributed by atoms with Gasteiger partial charge in [0.1, 0.15) is 11.7 Å². The average molecular weight is 475 g/mol. The molecule has 0 saturated carbocycles. The normalized spacial score (nSPS) is 18.7. The number of thiazole rings is 1. The molecular formula is C12H14N5NaO10S2. The minimum atomic E-state index is -5.10. The number of hydrogen-bond acceptors (Lipinski definition) is 12. The standard InChI is InChI=1S/C12H13N5O10S2.Na.H/c1-26-11(22)8-7(10(21)17(8)29(23,24)25)15-9(20)6(16-27-2-5(18)19)4-3-28-12(13)14-4;;/h3,7-8H,2H2,1H3,(H2,13,14)(H,15,20)(H,18,19)(H,23,24,25);;/q;+1;-1. The summed E-state index contributed by atoms with van der Waals surface area (Å²) in [5.74, 6) is -5.11. The number of carboxylic acid groups (broad SMARTS) is 1. The first kappa shape index (κ1) is 25.7. The van der Waals surface area contributed by atoms with Gasteiger partial charge in [0.25, 0.3) is 11.8 Å². The molecule has 1 fully saturated rings. The minimum Gasteiger partial charge on any atom is -1.00 e. The summed E-state index contributed by atoms with van der Waals surface area (Å²) < 4.78 is 35.8. The van der Waals surface area contributed by atoms with E-state index >= 15 is 0 Å². The minimum absolute atomic E-state index is 0. The van der Waals surface area contributed by atoms with E-state index in [4.69, 9.17) is 15.4 Å². The molecule has 0 radical (unpaired) electrons. The number of esters is 1. The molecular weight excluding hydrogens is 461 g/mol. The number of oxime groups is 1. The summed E-state index contributed by atoms with van der Waals surface area (Å²) in [7, 11) is -4.20. The van der Waals surface area contributed by atoms with Crippen LogP contribution in [0.5, 0.6) is 0 Å². The second-order valence-corrected chi connectivity index (χ2v) is 7.39. The Balaban J connectivity index is 0.00000450. The van der Waals surface area contributed by atoms with Crippen molar-refractivity contribution in [3.8, 4) is 0 Å². The summed E-state index contributed by atoms with van der Waals surface area (Å²) in [6, 6.07) is -3.59. The summed E-state index contributed by atoms with van der Waals surface area (Å²) in [5, 5.41) is 15.3. The SMILES string of the molecule is COC(=O)C1C(NC(=O)C(=NOCC(=O)O)c2csc(N)n2)C(=O)N1S(=O)(=O)O.[H-].[Na+]. The molecule has 0 aromatic carbocycles. The predicted octanol–water partition coefficient (Wildman–Crippen LogP) is -5.68. The Labute approximate surface area is 195 Å². The van der Waals surface area contributed by atoms with Gasteiger partial charge >= 0.3 is 51.8 Å². The van der Waals surface area contributed by atoms with Crippen LogP contribution in [-0.4, -0.2) is 82.6 Å². The zero-order valence-corrected chi connectivity index (χ0v) is 19.0. The Hall–Kier alpha value is -2.31. The monoisotopic (exact) mass is 475 g/mol. The predicted molar refractivity (Wildman–Crippen MR) is 93.9 cm³/mol. The van der Waals surface area contributed by atoms with Gasteiger partial charge in [-0.25, -0.2) is 14.6 Å². The van der Waals surface area contributed by atoms with E-state index in [1.165, 1.54) is 5.38 Å². The van der Waals surface area contributed by atoms with E-state index in [1.807, 2.05) is 5.32 Å². The van der Waals surface area contributed by atoms with Crippen LogP contribution in [0.15, 0.2) is 10.5 Å². The largest absolute Gasteiger partial charge is 1.00 e. The van der Waals surface area contributed by atoms with E-state index in [-0.39, 0.29) is 46.1 Å². The van der Waals surface area contributed by atoms with Gasteiger partial charge in [0, 0.05) is 5.38 Å². The summed E-state index contributed by atoms with van der Waals surface area (Å²) in [6.45, 7) is -0.903. The molecule has 0 spiro atoms. The number of hydrogen-bond donors (Lipinski definition) is 4. The van der Waals surface area contributed by atoms with Crippen molar-refractivity contribution < 1.29 is 77.8 Å². The van der Waals surface area contributed by atoms with Crippen molar-refractivity contribution in [2.24, 2.45) is 5.16 Å². The van der Waals surface area contributed by atoms with Crippen molar-refractivity contribution in [1.82, 2.24) is 14.6 Å². The number of nitrogens with zero attached hydrogens (tertiary/aromatic N) is 3. The first-order chi connectivity index (χ1) is 13.5. The van der Waals surface area contributed by atoms with E-state index in [0.717, 1.165) is 18.4 Å². The smallest absolute Gasteiger partial charge is 1.00 e. The number of carboxylic acids is 1. The van der Waals surface area contributed by atoms with Crippen molar-refractivity contribution in [3.05, 3.63) is 11.1 Å². The van der Waals surface area contributed by atoms with E-state index in [0.29, 0.717) is 0 Å². The average Bonchev–Trinajstić information content (AvgIpc) is 3.04. The summed E-state index contributed by atoms with van der Waals surface area (Å²) >= 11 is 0.914. The quantitative estimate of drug-likeness (QED) is 0.0688. The number of nitrogens with one attached hydrogen (secondary N) is 1. The molecule has 2 amide bonds. The first-order valence-corrected chi connectivity index (χ1v) is 9.57. The second kappa shape index (κ2) is 10.1. The fourth-order valence-electron chi connectivity index (χ4n) is 2.18. The molecule has 1 aromatic heterocycles. The van der Waals surface area contributed by atoms with Crippen molar-refractivity contribution in [2.45, 2.75) is 12.1 Å². The Morgan fingerprint density at radius 3 is 2.57 bits per heavy atom. The zero-order valence-electron chi connectivity index (χ0n) is 16.3. The third-order valence-corrected chi connectivity index (χ3v) is 4.93. The van der Waals surface area contributed by atoms with Crippen LogP contribution in [0.2, 0.25) is 0 Å². The zero-order chi connectivity index (χ0) is 21.9. The van der Waals surface area contributed by atoms with Crippen molar-refractivity contribution in [1.29, 1.82) is 0 Å². The summed E-state index contributed by atoms with van der Waals surface area (Å²) in [6.07, 6.45) is 0. The van der Waals surface area contributed by atoms with Crippen molar-refractivity contribution in [3.63, 3.8) is 0 Å². The van der Waals surface area contributed by atoms with E-state index < -0.39 is 58.5 Å². The molecule has 1 aliphatic heterocycles. The molecule has 2 atom stereocenters. The molecule has 2 heterocycles. The van der Waals surface area contributed by atoms with Gasteiger partial charge in [-0.05, 0) is 0 Å². The third-order valence-electron chi connectivity index (χ3n) is 3.35. The molecule has 1 aliphatic rings. The van der Waals surface area contributed by atoms with Gasteiger partial charge in [0.05, 0.1) is 7.11 Å². The molecule has 5 N–H and O–H groups in total. The molecule has 1 aromatic rings. The number of carbonyl (C=O) groups is 4. The summed E-state index contributed by atoms with van der Waals surface area (Å²) in [5.41, 5.74) is 4.74. The fraction of sp³-hybridized carbons (Fsp3) is 0.333. The number of carbonyl (C=O) groups excluding carboxylic acids is 3. The van der Waals surface area contributed by atoms with Crippen molar-refractivity contribution >= 4 is 56.2 Å². The molecule has 2 rings (SSSR count). The third kappa shape index (κ3) is 5.64. The Morgan fingerprint density at radius 1 is 1.47 bits per heavy atom. The number of nitrogen functional groups attached to an aromatic ring is 1. The number of aliphatic carboxylic acids is 1. The number of rotatable bonds is 8. The van der Waals surface area contributed by atoms with Gasteiger partial charge < -0.3 is 27.2 Å². The van der Waals surface area contributed by atoms with E-state index in [9.17, 15) is 27.6 Å². The number of anilines is 1. The fourth-order valence-corrected chi connectivity index (χ4v) is 3.56. The van der Waals surface area contributed by atoms with Gasteiger partial charge in [0.2, 0.25) is 6.61 Å². The summed E-state index contributed by atoms with van der Waals surface area (Å²) in [4.78, 5) is 55.1. The number of aromatic nitrogens is 1. The van der Waals surface area contributed by atoms with Crippen LogP contribution in [0.4, 0.5) is 5.13 Å². The van der Waals surface area contributed by atoms with Gasteiger partial charge in [-0.2, -0.15) is 12.7 Å².